The molecule has 3 aromatic rings. The van der Waals surface area contributed by atoms with Crippen LogP contribution in [0.3, 0.4) is 0 Å². The van der Waals surface area contributed by atoms with Gasteiger partial charge in [-0.05, 0) is 38.1 Å². The summed E-state index contributed by atoms with van der Waals surface area (Å²) in [5, 5.41) is 2.91. The molecule has 0 atom stereocenters. The minimum atomic E-state index is -0.0508. The first-order valence-electron chi connectivity index (χ1n) is 6.92. The van der Waals surface area contributed by atoms with Crippen molar-refractivity contribution in [2.24, 2.45) is 0 Å². The number of aryl methyl sites for hydroxylation is 2. The van der Waals surface area contributed by atoms with Gasteiger partial charge in [0, 0.05) is 5.69 Å². The van der Waals surface area contributed by atoms with Gasteiger partial charge in [-0.15, -0.1) is 0 Å². The summed E-state index contributed by atoms with van der Waals surface area (Å²) in [4.78, 5) is 16.7. The Morgan fingerprint density at radius 1 is 1.10 bits per heavy atom. The minimum absolute atomic E-state index is 0.0508. The van der Waals surface area contributed by atoms with Crippen LogP contribution in [-0.4, -0.2) is 15.5 Å². The zero-order chi connectivity index (χ0) is 14.8. The Morgan fingerprint density at radius 2 is 1.81 bits per heavy atom. The van der Waals surface area contributed by atoms with Gasteiger partial charge in [-0.1, -0.05) is 29.8 Å². The number of para-hydroxylation sites is 2. The lowest BCUT2D eigenvalue weighted by Crippen LogP contribution is -2.19. The van der Waals surface area contributed by atoms with Gasteiger partial charge >= 0.3 is 0 Å². The van der Waals surface area contributed by atoms with Crippen LogP contribution >= 0.6 is 0 Å². The van der Waals surface area contributed by atoms with Crippen molar-refractivity contribution in [3.63, 3.8) is 0 Å². The molecule has 106 valence electrons. The summed E-state index contributed by atoms with van der Waals surface area (Å²) in [6.07, 6.45) is 0. The predicted molar refractivity (Wildman–Crippen MR) is 84.3 cm³/mol. The normalized spacial score (nSPS) is 10.8. The molecular formula is C17H17N3O. The Kier molecular flexibility index (Phi) is 3.44. The second kappa shape index (κ2) is 5.40. The zero-order valence-corrected chi connectivity index (χ0v) is 12.1. The third-order valence-corrected chi connectivity index (χ3v) is 3.48. The fourth-order valence-electron chi connectivity index (χ4n) is 2.38. The van der Waals surface area contributed by atoms with Crippen LogP contribution in [0.1, 0.15) is 11.4 Å². The van der Waals surface area contributed by atoms with E-state index in [1.165, 1.54) is 5.56 Å². The molecule has 0 aliphatic heterocycles. The van der Waals surface area contributed by atoms with E-state index in [1.807, 2.05) is 66.9 Å². The molecule has 0 saturated carbocycles. The van der Waals surface area contributed by atoms with Gasteiger partial charge in [0.25, 0.3) is 0 Å². The number of hydrogen-bond acceptors (Lipinski definition) is 2. The smallest absolute Gasteiger partial charge is 0.244 e. The second-order valence-electron chi connectivity index (χ2n) is 5.15. The molecule has 0 unspecified atom stereocenters. The number of benzene rings is 2. The maximum absolute atomic E-state index is 12.2. The van der Waals surface area contributed by atoms with Crippen molar-refractivity contribution in [1.29, 1.82) is 0 Å². The molecule has 0 spiro atoms. The van der Waals surface area contributed by atoms with Crippen LogP contribution in [0.2, 0.25) is 0 Å². The van der Waals surface area contributed by atoms with Gasteiger partial charge in [0.2, 0.25) is 5.91 Å². The van der Waals surface area contributed by atoms with E-state index < -0.39 is 0 Å². The van der Waals surface area contributed by atoms with Crippen molar-refractivity contribution in [3.8, 4) is 0 Å². The highest BCUT2D eigenvalue weighted by Gasteiger charge is 2.10. The number of carbonyl (C=O) groups excluding carboxylic acids is 1. The number of fused-ring (bicyclic) bond motifs is 1. The topological polar surface area (TPSA) is 46.9 Å². The fraction of sp³-hybridized carbons (Fsp3) is 0.176. The number of nitrogens with one attached hydrogen (secondary N) is 1. The van der Waals surface area contributed by atoms with Crippen LogP contribution in [-0.2, 0) is 11.3 Å². The van der Waals surface area contributed by atoms with E-state index in [0.29, 0.717) is 0 Å². The molecule has 21 heavy (non-hydrogen) atoms. The molecule has 4 heteroatoms. The average molecular weight is 279 g/mol. The molecule has 0 radical (unpaired) electrons. The van der Waals surface area contributed by atoms with Crippen LogP contribution < -0.4 is 5.32 Å². The number of imidazole rings is 1. The van der Waals surface area contributed by atoms with Crippen LogP contribution in [0.5, 0.6) is 0 Å². The summed E-state index contributed by atoms with van der Waals surface area (Å²) >= 11 is 0. The number of hydrogen-bond donors (Lipinski definition) is 1. The van der Waals surface area contributed by atoms with Crippen LogP contribution in [0, 0.1) is 13.8 Å². The molecule has 3 rings (SSSR count). The Labute approximate surface area is 123 Å². The third kappa shape index (κ3) is 2.79. The highest BCUT2D eigenvalue weighted by molar-refractivity contribution is 5.91. The lowest BCUT2D eigenvalue weighted by molar-refractivity contribution is -0.116. The summed E-state index contributed by atoms with van der Waals surface area (Å²) in [7, 11) is 0. The van der Waals surface area contributed by atoms with Crippen LogP contribution in [0.4, 0.5) is 5.69 Å². The molecular weight excluding hydrogens is 262 g/mol. The molecule has 0 aliphatic carbocycles. The molecule has 1 amide bonds. The predicted octanol–water partition coefficient (Wildman–Crippen LogP) is 3.29. The van der Waals surface area contributed by atoms with Gasteiger partial charge in [-0.2, -0.15) is 0 Å². The molecule has 2 aromatic carbocycles. The van der Waals surface area contributed by atoms with Gasteiger partial charge in [-0.3, -0.25) is 4.79 Å². The van der Waals surface area contributed by atoms with Crippen molar-refractivity contribution in [2.45, 2.75) is 20.4 Å². The van der Waals surface area contributed by atoms with E-state index >= 15 is 0 Å². The molecule has 0 aliphatic rings. The number of anilines is 1. The fourth-order valence-corrected chi connectivity index (χ4v) is 2.38. The van der Waals surface area contributed by atoms with E-state index in [9.17, 15) is 4.79 Å². The van der Waals surface area contributed by atoms with Crippen molar-refractivity contribution in [2.75, 3.05) is 5.32 Å². The summed E-state index contributed by atoms with van der Waals surface area (Å²) in [5.41, 5.74) is 3.88. The molecule has 1 heterocycles. The zero-order valence-electron chi connectivity index (χ0n) is 12.1. The Hall–Kier alpha value is -2.62. The number of aromatic nitrogens is 2. The number of rotatable bonds is 3. The summed E-state index contributed by atoms with van der Waals surface area (Å²) in [6.45, 7) is 4.20. The Morgan fingerprint density at radius 3 is 2.57 bits per heavy atom. The van der Waals surface area contributed by atoms with Gasteiger partial charge < -0.3 is 9.88 Å². The van der Waals surface area contributed by atoms with Crippen molar-refractivity contribution in [1.82, 2.24) is 9.55 Å². The Balaban J connectivity index is 1.80. The SMILES string of the molecule is Cc1ccc(NC(=O)Cn2c(C)nc3ccccc32)cc1. The quantitative estimate of drug-likeness (QED) is 0.799. The summed E-state index contributed by atoms with van der Waals surface area (Å²) < 4.78 is 1.93. The molecule has 0 fully saturated rings. The molecule has 0 saturated heterocycles. The van der Waals surface area contributed by atoms with E-state index in [1.54, 1.807) is 0 Å². The van der Waals surface area contributed by atoms with Crippen molar-refractivity contribution >= 4 is 22.6 Å². The minimum Gasteiger partial charge on any atom is -0.325 e. The number of nitrogens with zero attached hydrogens (tertiary/aromatic N) is 2. The monoisotopic (exact) mass is 279 g/mol. The van der Waals surface area contributed by atoms with Gasteiger partial charge in [-0.25, -0.2) is 4.98 Å². The number of carbonyl (C=O) groups is 1. The van der Waals surface area contributed by atoms with E-state index in [0.717, 1.165) is 22.5 Å². The first-order valence-corrected chi connectivity index (χ1v) is 6.92. The molecule has 1 aromatic heterocycles. The lowest BCUT2D eigenvalue weighted by atomic mass is 10.2. The Bertz CT molecular complexity index is 787. The van der Waals surface area contributed by atoms with E-state index in [-0.39, 0.29) is 12.5 Å². The first-order chi connectivity index (χ1) is 10.1. The second-order valence-corrected chi connectivity index (χ2v) is 5.15. The molecule has 1 N–H and O–H groups in total. The van der Waals surface area contributed by atoms with Gasteiger partial charge in [0.15, 0.2) is 0 Å². The summed E-state index contributed by atoms with van der Waals surface area (Å²) in [6, 6.07) is 15.6. The largest absolute Gasteiger partial charge is 0.325 e. The maximum Gasteiger partial charge on any atom is 0.244 e. The molecule has 0 bridgehead atoms. The number of amides is 1. The maximum atomic E-state index is 12.2. The van der Waals surface area contributed by atoms with E-state index in [4.69, 9.17) is 0 Å². The van der Waals surface area contributed by atoms with Gasteiger partial charge in [0.05, 0.1) is 11.0 Å². The standard InChI is InChI=1S/C17H17N3O/c1-12-7-9-14(10-8-12)19-17(21)11-20-13(2)18-15-5-3-4-6-16(15)20/h3-10H,11H2,1-2H3,(H,19,21). The highest BCUT2D eigenvalue weighted by atomic mass is 16.1. The average Bonchev–Trinajstić information content (AvgIpc) is 2.78. The van der Waals surface area contributed by atoms with Crippen molar-refractivity contribution in [3.05, 3.63) is 59.9 Å². The van der Waals surface area contributed by atoms with Gasteiger partial charge in [0.1, 0.15) is 12.4 Å². The van der Waals surface area contributed by atoms with Crippen LogP contribution in [0.15, 0.2) is 48.5 Å². The van der Waals surface area contributed by atoms with Crippen molar-refractivity contribution < 1.29 is 4.79 Å². The van der Waals surface area contributed by atoms with Crippen LogP contribution in [0.25, 0.3) is 11.0 Å². The molecule has 4 nitrogen and oxygen atoms in total. The highest BCUT2D eigenvalue weighted by Crippen LogP contribution is 2.16. The first kappa shape index (κ1) is 13.4. The van der Waals surface area contributed by atoms with E-state index in [2.05, 4.69) is 10.3 Å². The lowest BCUT2D eigenvalue weighted by Gasteiger charge is -2.08. The summed E-state index contributed by atoms with van der Waals surface area (Å²) in [5.74, 6) is 0.792. The third-order valence-electron chi connectivity index (χ3n) is 3.48.